The maximum atomic E-state index is 12.7. The molecule has 0 bridgehead atoms. The number of urea groups is 1. The second kappa shape index (κ2) is 11.2. The van der Waals surface area contributed by atoms with Crippen LogP contribution in [0.5, 0.6) is 5.75 Å². The summed E-state index contributed by atoms with van der Waals surface area (Å²) < 4.78 is 5.97. The average Bonchev–Trinajstić information content (AvgIpc) is 3.34. The molecular weight excluding hydrogens is 414 g/mol. The Hall–Kier alpha value is -3.80. The van der Waals surface area contributed by atoms with Gasteiger partial charge in [0, 0.05) is 18.7 Å². The summed E-state index contributed by atoms with van der Waals surface area (Å²) in [4.78, 5) is 27.0. The van der Waals surface area contributed by atoms with Gasteiger partial charge in [0.25, 0.3) is 0 Å². The van der Waals surface area contributed by atoms with Crippen LogP contribution in [0.4, 0.5) is 10.5 Å². The maximum absolute atomic E-state index is 12.7. The number of benzene rings is 3. The average molecular weight is 444 g/mol. The molecule has 0 aliphatic carbocycles. The zero-order valence-electron chi connectivity index (χ0n) is 18.6. The number of rotatable bonds is 8. The maximum Gasteiger partial charge on any atom is 0.322 e. The Morgan fingerprint density at radius 1 is 0.909 bits per heavy atom. The van der Waals surface area contributed by atoms with Crippen molar-refractivity contribution >= 4 is 17.6 Å². The number of likely N-dealkylation sites (tertiary alicyclic amines) is 1. The molecule has 2 N–H and O–H groups in total. The van der Waals surface area contributed by atoms with E-state index in [1.807, 2.05) is 66.7 Å². The topological polar surface area (TPSA) is 70.7 Å². The Morgan fingerprint density at radius 2 is 1.61 bits per heavy atom. The highest BCUT2D eigenvalue weighted by atomic mass is 16.5. The van der Waals surface area contributed by atoms with Crippen LogP contribution in [-0.4, -0.2) is 42.6 Å². The van der Waals surface area contributed by atoms with Crippen molar-refractivity contribution in [3.63, 3.8) is 0 Å². The van der Waals surface area contributed by atoms with Crippen LogP contribution in [0.25, 0.3) is 0 Å². The Balaban J connectivity index is 1.26. The fourth-order valence-corrected chi connectivity index (χ4v) is 4.06. The minimum Gasteiger partial charge on any atom is -0.491 e. The molecule has 1 heterocycles. The van der Waals surface area contributed by atoms with Gasteiger partial charge < -0.3 is 20.3 Å². The van der Waals surface area contributed by atoms with E-state index in [-0.39, 0.29) is 11.9 Å². The normalized spacial score (nSPS) is 15.2. The van der Waals surface area contributed by atoms with Gasteiger partial charge in [-0.25, -0.2) is 4.79 Å². The molecule has 3 amide bonds. The fraction of sp³-hybridized carbons (Fsp3) is 0.259. The Kier molecular flexibility index (Phi) is 7.59. The summed E-state index contributed by atoms with van der Waals surface area (Å²) in [5.41, 5.74) is 3.04. The number of amides is 3. The highest BCUT2D eigenvalue weighted by molar-refractivity contribution is 5.94. The van der Waals surface area contributed by atoms with E-state index >= 15 is 0 Å². The van der Waals surface area contributed by atoms with Crippen molar-refractivity contribution < 1.29 is 14.3 Å². The van der Waals surface area contributed by atoms with Gasteiger partial charge in [0.15, 0.2) is 0 Å². The molecule has 6 nitrogen and oxygen atoms in total. The molecule has 1 atom stereocenters. The van der Waals surface area contributed by atoms with Gasteiger partial charge in [-0.15, -0.1) is 0 Å². The van der Waals surface area contributed by atoms with Crippen LogP contribution in [0.2, 0.25) is 0 Å². The number of para-hydroxylation sites is 2. The van der Waals surface area contributed by atoms with Gasteiger partial charge in [-0.1, -0.05) is 66.7 Å². The monoisotopic (exact) mass is 443 g/mol. The van der Waals surface area contributed by atoms with Crippen molar-refractivity contribution in [3.05, 3.63) is 96.1 Å². The molecule has 1 aliphatic heterocycles. The van der Waals surface area contributed by atoms with Crippen LogP contribution >= 0.6 is 0 Å². The molecule has 33 heavy (non-hydrogen) atoms. The second-order valence-electron chi connectivity index (χ2n) is 8.06. The van der Waals surface area contributed by atoms with E-state index < -0.39 is 6.04 Å². The smallest absolute Gasteiger partial charge is 0.322 e. The van der Waals surface area contributed by atoms with E-state index in [2.05, 4.69) is 28.8 Å². The lowest BCUT2D eigenvalue weighted by Gasteiger charge is -2.24. The fourth-order valence-electron chi connectivity index (χ4n) is 4.06. The molecule has 4 rings (SSSR count). The van der Waals surface area contributed by atoms with E-state index in [9.17, 15) is 9.59 Å². The number of carbonyl (C=O) groups is 2. The summed E-state index contributed by atoms with van der Waals surface area (Å²) in [7, 11) is 0. The summed E-state index contributed by atoms with van der Waals surface area (Å²) in [5.74, 6) is 0.678. The van der Waals surface area contributed by atoms with E-state index in [1.165, 1.54) is 5.56 Å². The van der Waals surface area contributed by atoms with Gasteiger partial charge in [-0.05, 0) is 42.2 Å². The SMILES string of the molecule is O=C(NCCOc1ccccc1Cc1ccccc1)C1CCCN1C(=O)Nc1ccccc1. The molecule has 0 aromatic heterocycles. The van der Waals surface area contributed by atoms with Gasteiger partial charge in [-0.2, -0.15) is 0 Å². The van der Waals surface area contributed by atoms with Crippen molar-refractivity contribution in [2.45, 2.75) is 25.3 Å². The molecule has 6 heteroatoms. The highest BCUT2D eigenvalue weighted by Crippen LogP contribution is 2.22. The summed E-state index contributed by atoms with van der Waals surface area (Å²) in [6, 6.07) is 26.8. The third kappa shape index (κ3) is 6.13. The van der Waals surface area contributed by atoms with E-state index in [0.717, 1.165) is 29.8 Å². The Bertz CT molecular complexity index is 1060. The molecule has 0 spiro atoms. The van der Waals surface area contributed by atoms with Crippen LogP contribution in [0.15, 0.2) is 84.9 Å². The number of anilines is 1. The molecular formula is C27H29N3O3. The second-order valence-corrected chi connectivity index (χ2v) is 8.06. The first kappa shape index (κ1) is 22.4. The number of hydrogen-bond acceptors (Lipinski definition) is 3. The van der Waals surface area contributed by atoms with Crippen molar-refractivity contribution in [1.29, 1.82) is 0 Å². The number of nitrogens with one attached hydrogen (secondary N) is 2. The third-order valence-electron chi connectivity index (χ3n) is 5.71. The molecule has 1 fully saturated rings. The minimum absolute atomic E-state index is 0.142. The zero-order valence-corrected chi connectivity index (χ0v) is 18.6. The first-order valence-electron chi connectivity index (χ1n) is 11.4. The predicted octanol–water partition coefficient (Wildman–Crippen LogP) is 4.47. The number of hydrogen-bond donors (Lipinski definition) is 2. The van der Waals surface area contributed by atoms with E-state index in [4.69, 9.17) is 4.74 Å². The third-order valence-corrected chi connectivity index (χ3v) is 5.71. The predicted molar refractivity (Wildman–Crippen MR) is 129 cm³/mol. The van der Waals surface area contributed by atoms with Crippen molar-refractivity contribution in [2.24, 2.45) is 0 Å². The highest BCUT2D eigenvalue weighted by Gasteiger charge is 2.33. The van der Waals surface area contributed by atoms with Crippen LogP contribution in [-0.2, 0) is 11.2 Å². The molecule has 3 aromatic carbocycles. The van der Waals surface area contributed by atoms with E-state index in [1.54, 1.807) is 4.90 Å². The summed E-state index contributed by atoms with van der Waals surface area (Å²) in [6.07, 6.45) is 2.26. The van der Waals surface area contributed by atoms with Gasteiger partial charge in [0.2, 0.25) is 5.91 Å². The van der Waals surface area contributed by atoms with Crippen molar-refractivity contribution in [2.75, 3.05) is 25.0 Å². The first-order chi connectivity index (χ1) is 16.2. The van der Waals surface area contributed by atoms with Gasteiger partial charge in [-0.3, -0.25) is 4.79 Å². The van der Waals surface area contributed by atoms with Crippen LogP contribution in [0.1, 0.15) is 24.0 Å². The quantitative estimate of drug-likeness (QED) is 0.505. The molecule has 1 unspecified atom stereocenters. The largest absolute Gasteiger partial charge is 0.491 e. The minimum atomic E-state index is -0.459. The molecule has 3 aromatic rings. The lowest BCUT2D eigenvalue weighted by atomic mass is 10.0. The summed E-state index contributed by atoms with van der Waals surface area (Å²) in [6.45, 7) is 1.31. The lowest BCUT2D eigenvalue weighted by molar-refractivity contribution is -0.124. The first-order valence-corrected chi connectivity index (χ1v) is 11.4. The van der Waals surface area contributed by atoms with Crippen molar-refractivity contribution in [1.82, 2.24) is 10.2 Å². The molecule has 1 aliphatic rings. The Morgan fingerprint density at radius 3 is 2.39 bits per heavy atom. The van der Waals surface area contributed by atoms with Crippen LogP contribution in [0.3, 0.4) is 0 Å². The van der Waals surface area contributed by atoms with Gasteiger partial charge in [0.1, 0.15) is 18.4 Å². The molecule has 170 valence electrons. The Labute approximate surface area is 194 Å². The van der Waals surface area contributed by atoms with Crippen LogP contribution < -0.4 is 15.4 Å². The van der Waals surface area contributed by atoms with Gasteiger partial charge in [0.05, 0.1) is 6.54 Å². The molecule has 0 radical (unpaired) electrons. The summed E-state index contributed by atoms with van der Waals surface area (Å²) in [5, 5.41) is 5.79. The number of carbonyl (C=O) groups excluding carboxylic acids is 2. The molecule has 1 saturated heterocycles. The van der Waals surface area contributed by atoms with Crippen LogP contribution in [0, 0.1) is 0 Å². The summed E-state index contributed by atoms with van der Waals surface area (Å²) >= 11 is 0. The standard InChI is InChI=1S/C27H29N3O3/c31-26(24-15-9-18-30(24)27(32)29-23-13-5-2-6-14-23)28-17-19-33-25-16-8-7-12-22(25)20-21-10-3-1-4-11-21/h1-8,10-14,16,24H,9,15,17-20H2,(H,28,31)(H,29,32). The van der Waals surface area contributed by atoms with Gasteiger partial charge >= 0.3 is 6.03 Å². The number of nitrogens with zero attached hydrogens (tertiary/aromatic N) is 1. The number of ether oxygens (including phenoxy) is 1. The lowest BCUT2D eigenvalue weighted by Crippen LogP contribution is -2.48. The molecule has 0 saturated carbocycles. The van der Waals surface area contributed by atoms with E-state index in [0.29, 0.717) is 26.1 Å². The van der Waals surface area contributed by atoms with Crippen molar-refractivity contribution in [3.8, 4) is 5.75 Å². The zero-order chi connectivity index (χ0) is 22.9.